The first kappa shape index (κ1) is 13.4. The predicted octanol–water partition coefficient (Wildman–Crippen LogP) is 1.25. The van der Waals surface area contributed by atoms with E-state index in [9.17, 15) is 4.79 Å². The maximum atomic E-state index is 12.4. The first-order valence-corrected chi connectivity index (χ1v) is 7.55. The third kappa shape index (κ3) is 2.80. The number of hydrogen-bond acceptors (Lipinski definition) is 3. The van der Waals surface area contributed by atoms with E-state index in [1.165, 1.54) is 11.3 Å². The number of carbonyl (C=O) groups is 1. The molecule has 1 N–H and O–H groups in total. The highest BCUT2D eigenvalue weighted by Gasteiger charge is 2.29. The van der Waals surface area contributed by atoms with Gasteiger partial charge in [-0.05, 0) is 37.6 Å². The Labute approximate surface area is 120 Å². The molecule has 1 unspecified atom stereocenters. The monoisotopic (exact) mass is 273 g/mol. The van der Waals surface area contributed by atoms with Crippen LogP contribution in [0.2, 0.25) is 0 Å². The molecule has 0 aliphatic carbocycles. The van der Waals surface area contributed by atoms with Gasteiger partial charge in [-0.25, -0.2) is 0 Å². The number of nitrogens with zero attached hydrogens (tertiary/aromatic N) is 2. The van der Waals surface area contributed by atoms with Gasteiger partial charge in [0.05, 0.1) is 5.92 Å². The lowest BCUT2D eigenvalue weighted by molar-refractivity contribution is -0.135. The Kier molecular flexibility index (Phi) is 3.92. The molecule has 1 atom stereocenters. The van der Waals surface area contributed by atoms with E-state index in [1.807, 2.05) is 4.90 Å². The van der Waals surface area contributed by atoms with Gasteiger partial charge in [0.25, 0.3) is 0 Å². The summed E-state index contributed by atoms with van der Waals surface area (Å²) in [5.41, 5.74) is 2.57. The molecule has 0 aromatic heterocycles. The molecule has 2 fully saturated rings. The van der Waals surface area contributed by atoms with Crippen LogP contribution in [0.25, 0.3) is 0 Å². The van der Waals surface area contributed by atoms with Gasteiger partial charge in [0.2, 0.25) is 5.91 Å². The number of carbonyl (C=O) groups excluding carboxylic acids is 1. The molecule has 20 heavy (non-hydrogen) atoms. The zero-order valence-corrected chi connectivity index (χ0v) is 12.1. The molecule has 0 spiro atoms. The Morgan fingerprint density at radius 3 is 2.70 bits per heavy atom. The Hall–Kier alpha value is -1.55. The van der Waals surface area contributed by atoms with Gasteiger partial charge >= 0.3 is 0 Å². The fourth-order valence-corrected chi connectivity index (χ4v) is 3.13. The third-order valence-electron chi connectivity index (χ3n) is 4.37. The van der Waals surface area contributed by atoms with E-state index in [2.05, 4.69) is 41.4 Å². The zero-order chi connectivity index (χ0) is 13.9. The lowest BCUT2D eigenvalue weighted by Gasteiger charge is -2.37. The summed E-state index contributed by atoms with van der Waals surface area (Å²) in [4.78, 5) is 16.8. The van der Waals surface area contributed by atoms with Crippen molar-refractivity contribution in [2.75, 3.05) is 44.2 Å². The summed E-state index contributed by atoms with van der Waals surface area (Å²) >= 11 is 0. The molecule has 2 aliphatic rings. The van der Waals surface area contributed by atoms with Crippen LogP contribution in [0.5, 0.6) is 0 Å². The van der Waals surface area contributed by atoms with Crippen molar-refractivity contribution >= 4 is 11.6 Å². The van der Waals surface area contributed by atoms with Crippen LogP contribution in [-0.2, 0) is 4.79 Å². The van der Waals surface area contributed by atoms with Gasteiger partial charge < -0.3 is 15.1 Å². The van der Waals surface area contributed by atoms with Gasteiger partial charge in [-0.1, -0.05) is 12.1 Å². The minimum atomic E-state index is 0.209. The molecule has 2 aliphatic heterocycles. The topological polar surface area (TPSA) is 35.6 Å². The second-order valence-corrected chi connectivity index (χ2v) is 5.84. The highest BCUT2D eigenvalue weighted by atomic mass is 16.2. The molecule has 3 rings (SSSR count). The molecule has 0 radical (unpaired) electrons. The summed E-state index contributed by atoms with van der Waals surface area (Å²) in [6.45, 7) is 7.55. The number of piperazine rings is 1. The number of anilines is 1. The normalized spacial score (nSPS) is 23.1. The maximum Gasteiger partial charge on any atom is 0.227 e. The van der Waals surface area contributed by atoms with E-state index < -0.39 is 0 Å². The first-order chi connectivity index (χ1) is 9.74. The number of benzene rings is 1. The summed E-state index contributed by atoms with van der Waals surface area (Å²) in [6.07, 6.45) is 0.997. The van der Waals surface area contributed by atoms with Gasteiger partial charge in [-0.15, -0.1) is 0 Å². The quantitative estimate of drug-likeness (QED) is 0.881. The van der Waals surface area contributed by atoms with Crippen molar-refractivity contribution in [3.63, 3.8) is 0 Å². The van der Waals surface area contributed by atoms with Gasteiger partial charge in [0.15, 0.2) is 0 Å². The Morgan fingerprint density at radius 2 is 2.05 bits per heavy atom. The van der Waals surface area contributed by atoms with Crippen LogP contribution in [0.15, 0.2) is 24.3 Å². The zero-order valence-electron chi connectivity index (χ0n) is 12.1. The summed E-state index contributed by atoms with van der Waals surface area (Å²) in [5.74, 6) is 0.555. The van der Waals surface area contributed by atoms with Crippen molar-refractivity contribution in [3.05, 3.63) is 29.8 Å². The first-order valence-electron chi connectivity index (χ1n) is 7.55. The average molecular weight is 273 g/mol. The van der Waals surface area contributed by atoms with Crippen molar-refractivity contribution < 1.29 is 4.79 Å². The minimum absolute atomic E-state index is 0.209. The minimum Gasteiger partial charge on any atom is -0.368 e. The van der Waals surface area contributed by atoms with Crippen molar-refractivity contribution in [3.8, 4) is 0 Å². The second-order valence-electron chi connectivity index (χ2n) is 5.84. The van der Waals surface area contributed by atoms with Crippen LogP contribution >= 0.6 is 0 Å². The fourth-order valence-electron chi connectivity index (χ4n) is 3.13. The van der Waals surface area contributed by atoms with Crippen molar-refractivity contribution in [2.45, 2.75) is 13.3 Å². The standard InChI is InChI=1S/C16H23N3O/c1-13-3-2-4-15(11-13)18-7-9-19(10-8-18)16(20)14-5-6-17-12-14/h2-4,11,14,17H,5-10,12H2,1H3. The van der Waals surface area contributed by atoms with E-state index >= 15 is 0 Å². The molecule has 1 amide bonds. The lowest BCUT2D eigenvalue weighted by atomic mass is 10.1. The molecular weight excluding hydrogens is 250 g/mol. The number of nitrogens with one attached hydrogen (secondary N) is 1. The number of amides is 1. The molecule has 0 saturated carbocycles. The summed E-state index contributed by atoms with van der Waals surface area (Å²) in [6, 6.07) is 8.60. The van der Waals surface area contributed by atoms with Crippen LogP contribution < -0.4 is 10.2 Å². The number of rotatable bonds is 2. The summed E-state index contributed by atoms with van der Waals surface area (Å²) in [7, 11) is 0. The predicted molar refractivity (Wildman–Crippen MR) is 80.9 cm³/mol. The molecule has 4 nitrogen and oxygen atoms in total. The molecule has 4 heteroatoms. The van der Waals surface area contributed by atoms with E-state index in [0.29, 0.717) is 5.91 Å². The van der Waals surface area contributed by atoms with Crippen LogP contribution in [-0.4, -0.2) is 50.1 Å². The average Bonchev–Trinajstić information content (AvgIpc) is 3.01. The Morgan fingerprint density at radius 1 is 1.25 bits per heavy atom. The molecule has 1 aromatic rings. The van der Waals surface area contributed by atoms with E-state index in [1.54, 1.807) is 0 Å². The van der Waals surface area contributed by atoms with Crippen LogP contribution in [0, 0.1) is 12.8 Å². The van der Waals surface area contributed by atoms with Crippen LogP contribution in [0.3, 0.4) is 0 Å². The Balaban J connectivity index is 1.58. The number of aryl methyl sites for hydroxylation is 1. The fraction of sp³-hybridized carbons (Fsp3) is 0.562. The molecular formula is C16H23N3O. The van der Waals surface area contributed by atoms with Gasteiger partial charge in [-0.2, -0.15) is 0 Å². The van der Waals surface area contributed by atoms with Crippen LogP contribution in [0.4, 0.5) is 5.69 Å². The largest absolute Gasteiger partial charge is 0.368 e. The third-order valence-corrected chi connectivity index (χ3v) is 4.37. The highest BCUT2D eigenvalue weighted by molar-refractivity contribution is 5.79. The van der Waals surface area contributed by atoms with Gasteiger partial charge in [0.1, 0.15) is 0 Å². The molecule has 2 saturated heterocycles. The lowest BCUT2D eigenvalue weighted by Crippen LogP contribution is -2.50. The van der Waals surface area contributed by atoms with Crippen molar-refractivity contribution in [2.24, 2.45) is 5.92 Å². The number of hydrogen-bond donors (Lipinski definition) is 1. The van der Waals surface area contributed by atoms with Gasteiger partial charge in [-0.3, -0.25) is 4.79 Å². The molecule has 0 bridgehead atoms. The molecule has 1 aromatic carbocycles. The second kappa shape index (κ2) is 5.83. The van der Waals surface area contributed by atoms with E-state index in [4.69, 9.17) is 0 Å². The highest BCUT2D eigenvalue weighted by Crippen LogP contribution is 2.19. The van der Waals surface area contributed by atoms with Crippen molar-refractivity contribution in [1.29, 1.82) is 0 Å². The molecule has 2 heterocycles. The van der Waals surface area contributed by atoms with Gasteiger partial charge in [0, 0.05) is 38.4 Å². The van der Waals surface area contributed by atoms with E-state index in [0.717, 1.165) is 45.7 Å². The van der Waals surface area contributed by atoms with Crippen molar-refractivity contribution in [1.82, 2.24) is 10.2 Å². The summed E-state index contributed by atoms with van der Waals surface area (Å²) in [5, 5.41) is 3.28. The SMILES string of the molecule is Cc1cccc(N2CCN(C(=O)C3CCNC3)CC2)c1. The Bertz CT molecular complexity index is 474. The maximum absolute atomic E-state index is 12.4. The van der Waals surface area contributed by atoms with E-state index in [-0.39, 0.29) is 5.92 Å². The summed E-state index contributed by atoms with van der Waals surface area (Å²) < 4.78 is 0. The molecule has 108 valence electrons. The van der Waals surface area contributed by atoms with Crippen LogP contribution in [0.1, 0.15) is 12.0 Å². The smallest absolute Gasteiger partial charge is 0.227 e.